The topological polar surface area (TPSA) is 29.5 Å². The van der Waals surface area contributed by atoms with E-state index in [1.54, 1.807) is 0 Å². The highest BCUT2D eigenvalue weighted by molar-refractivity contribution is 5.97. The number of halogens is 4. The monoisotopic (exact) mass is 279 g/mol. The van der Waals surface area contributed by atoms with E-state index in [-0.39, 0.29) is 11.3 Å². The third kappa shape index (κ3) is 4.86. The number of hydrogen-bond donors (Lipinski definition) is 0. The molecule has 0 fully saturated rings. The lowest BCUT2D eigenvalue weighted by Crippen LogP contribution is -2.34. The molecular formula is C12H13F4NO2. The summed E-state index contributed by atoms with van der Waals surface area (Å²) in [5, 5.41) is 0. The molecule has 0 atom stereocenters. The van der Waals surface area contributed by atoms with E-state index in [2.05, 4.69) is 4.74 Å². The zero-order valence-electron chi connectivity index (χ0n) is 10.4. The molecule has 0 heterocycles. The molecule has 0 radical (unpaired) electrons. The third-order valence-electron chi connectivity index (χ3n) is 2.34. The van der Waals surface area contributed by atoms with Crippen molar-refractivity contribution >= 4 is 5.78 Å². The molecule has 0 bridgehead atoms. The van der Waals surface area contributed by atoms with Crippen molar-refractivity contribution in [1.29, 1.82) is 0 Å². The molecule has 3 nitrogen and oxygen atoms in total. The largest absolute Gasteiger partial charge is 0.494 e. The van der Waals surface area contributed by atoms with E-state index < -0.39 is 30.9 Å². The summed E-state index contributed by atoms with van der Waals surface area (Å²) in [6.07, 6.45) is -4.37. The first kappa shape index (κ1) is 15.4. The fourth-order valence-electron chi connectivity index (χ4n) is 1.54. The first-order valence-corrected chi connectivity index (χ1v) is 5.35. The van der Waals surface area contributed by atoms with Crippen LogP contribution in [0.4, 0.5) is 17.6 Å². The molecule has 0 aliphatic carbocycles. The number of rotatable bonds is 5. The molecule has 1 aromatic carbocycles. The van der Waals surface area contributed by atoms with Crippen LogP contribution in [0, 0.1) is 5.82 Å². The molecule has 0 aliphatic heterocycles. The molecule has 7 heteroatoms. The van der Waals surface area contributed by atoms with Crippen LogP contribution in [-0.2, 0) is 0 Å². The number of methoxy groups -OCH3 is 1. The number of alkyl halides is 3. The van der Waals surface area contributed by atoms with Crippen molar-refractivity contribution in [2.75, 3.05) is 27.2 Å². The molecule has 0 aromatic heterocycles. The van der Waals surface area contributed by atoms with Gasteiger partial charge >= 0.3 is 6.18 Å². The average molecular weight is 279 g/mol. The number of Topliss-reactive ketones (excluding diaryl/α,β-unsaturated/α-hetero) is 1. The Labute approximate surface area is 107 Å². The summed E-state index contributed by atoms with van der Waals surface area (Å²) < 4.78 is 54.3. The Bertz CT molecular complexity index is 460. The molecule has 0 spiro atoms. The van der Waals surface area contributed by atoms with E-state index in [0.717, 1.165) is 11.0 Å². The van der Waals surface area contributed by atoms with Crippen LogP contribution in [0.2, 0.25) is 0 Å². The molecule has 0 amide bonds. The maximum absolute atomic E-state index is 13.3. The van der Waals surface area contributed by atoms with Gasteiger partial charge in [-0.3, -0.25) is 9.69 Å². The fourth-order valence-corrected chi connectivity index (χ4v) is 1.54. The van der Waals surface area contributed by atoms with Crippen LogP contribution in [0.1, 0.15) is 10.4 Å². The van der Waals surface area contributed by atoms with Crippen LogP contribution in [0.5, 0.6) is 5.75 Å². The normalized spacial score (nSPS) is 11.7. The van der Waals surface area contributed by atoms with Crippen molar-refractivity contribution in [2.24, 2.45) is 0 Å². The van der Waals surface area contributed by atoms with Gasteiger partial charge in [-0.25, -0.2) is 4.39 Å². The minimum absolute atomic E-state index is 0.00678. The van der Waals surface area contributed by atoms with Gasteiger partial charge in [0.1, 0.15) is 0 Å². The maximum atomic E-state index is 13.3. The summed E-state index contributed by atoms with van der Waals surface area (Å²) in [5.41, 5.74) is 0.00678. The molecule has 0 unspecified atom stereocenters. The Morgan fingerprint density at radius 3 is 2.47 bits per heavy atom. The van der Waals surface area contributed by atoms with Crippen molar-refractivity contribution in [1.82, 2.24) is 4.90 Å². The van der Waals surface area contributed by atoms with Gasteiger partial charge in [0.2, 0.25) is 0 Å². The Kier molecular flexibility index (Phi) is 4.88. The standard InChI is InChI=1S/C12H13F4NO2/c1-17(7-12(14,15)16)6-10(18)8-3-4-11(19-2)9(13)5-8/h3-5H,6-7H2,1-2H3. The van der Waals surface area contributed by atoms with Gasteiger partial charge in [0, 0.05) is 5.56 Å². The predicted molar refractivity (Wildman–Crippen MR) is 60.8 cm³/mol. The second-order valence-electron chi connectivity index (χ2n) is 4.06. The Balaban J connectivity index is 2.71. The molecule has 0 aliphatic rings. The lowest BCUT2D eigenvalue weighted by molar-refractivity contribution is -0.141. The summed E-state index contributed by atoms with van der Waals surface area (Å²) in [4.78, 5) is 12.5. The lowest BCUT2D eigenvalue weighted by atomic mass is 10.1. The molecular weight excluding hydrogens is 266 g/mol. The number of hydrogen-bond acceptors (Lipinski definition) is 3. The minimum atomic E-state index is -4.37. The Hall–Kier alpha value is -1.63. The van der Waals surface area contributed by atoms with Gasteiger partial charge in [0.15, 0.2) is 17.3 Å². The first-order chi connectivity index (χ1) is 8.73. The lowest BCUT2D eigenvalue weighted by Gasteiger charge is -2.17. The van der Waals surface area contributed by atoms with Gasteiger partial charge in [-0.15, -0.1) is 0 Å². The maximum Gasteiger partial charge on any atom is 0.401 e. The zero-order chi connectivity index (χ0) is 14.6. The van der Waals surface area contributed by atoms with Gasteiger partial charge in [-0.05, 0) is 25.2 Å². The average Bonchev–Trinajstić information content (AvgIpc) is 2.26. The zero-order valence-corrected chi connectivity index (χ0v) is 10.4. The quantitative estimate of drug-likeness (QED) is 0.612. The number of ether oxygens (including phenoxy) is 1. The van der Waals surface area contributed by atoms with Gasteiger partial charge in [-0.1, -0.05) is 0 Å². The van der Waals surface area contributed by atoms with E-state index in [9.17, 15) is 22.4 Å². The number of benzene rings is 1. The van der Waals surface area contributed by atoms with Crippen LogP contribution in [0.15, 0.2) is 18.2 Å². The molecule has 1 aromatic rings. The molecule has 106 valence electrons. The summed E-state index contributed by atoms with van der Waals surface area (Å²) in [5.74, 6) is -1.35. The van der Waals surface area contributed by atoms with E-state index >= 15 is 0 Å². The number of ketones is 1. The van der Waals surface area contributed by atoms with Crippen molar-refractivity contribution < 1.29 is 27.1 Å². The van der Waals surface area contributed by atoms with E-state index in [0.29, 0.717) is 0 Å². The van der Waals surface area contributed by atoms with E-state index in [1.165, 1.54) is 26.3 Å². The van der Waals surface area contributed by atoms with Crippen LogP contribution in [0.3, 0.4) is 0 Å². The number of likely N-dealkylation sites (N-methyl/N-ethyl adjacent to an activating group) is 1. The SMILES string of the molecule is COc1ccc(C(=O)CN(C)CC(F)(F)F)cc1F. The summed E-state index contributed by atoms with van der Waals surface area (Å²) in [6.45, 7) is -1.64. The van der Waals surface area contributed by atoms with Gasteiger partial charge in [-0.2, -0.15) is 13.2 Å². The number of carbonyl (C=O) groups excluding carboxylic acids is 1. The van der Waals surface area contributed by atoms with Gasteiger partial charge < -0.3 is 4.74 Å². The Morgan fingerprint density at radius 2 is 2.00 bits per heavy atom. The molecule has 0 saturated heterocycles. The minimum Gasteiger partial charge on any atom is -0.494 e. The predicted octanol–water partition coefficient (Wildman–Crippen LogP) is 2.51. The van der Waals surface area contributed by atoms with Crippen LogP contribution in [-0.4, -0.2) is 44.1 Å². The molecule has 1 rings (SSSR count). The van der Waals surface area contributed by atoms with Crippen molar-refractivity contribution in [3.8, 4) is 5.75 Å². The van der Waals surface area contributed by atoms with Crippen LogP contribution in [0.25, 0.3) is 0 Å². The van der Waals surface area contributed by atoms with Crippen molar-refractivity contribution in [3.05, 3.63) is 29.6 Å². The van der Waals surface area contributed by atoms with Gasteiger partial charge in [0.25, 0.3) is 0 Å². The molecule has 0 saturated carbocycles. The van der Waals surface area contributed by atoms with Crippen molar-refractivity contribution in [2.45, 2.75) is 6.18 Å². The fraction of sp³-hybridized carbons (Fsp3) is 0.417. The summed E-state index contributed by atoms with van der Waals surface area (Å²) in [7, 11) is 2.45. The highest BCUT2D eigenvalue weighted by Gasteiger charge is 2.29. The number of nitrogens with zero attached hydrogens (tertiary/aromatic N) is 1. The van der Waals surface area contributed by atoms with Crippen molar-refractivity contribution in [3.63, 3.8) is 0 Å². The Morgan fingerprint density at radius 1 is 1.37 bits per heavy atom. The second-order valence-corrected chi connectivity index (χ2v) is 4.06. The second kappa shape index (κ2) is 6.01. The molecule has 0 N–H and O–H groups in total. The highest BCUT2D eigenvalue weighted by atomic mass is 19.4. The van der Waals surface area contributed by atoms with Crippen LogP contribution >= 0.6 is 0 Å². The van der Waals surface area contributed by atoms with Crippen LogP contribution < -0.4 is 4.74 Å². The highest BCUT2D eigenvalue weighted by Crippen LogP contribution is 2.19. The third-order valence-corrected chi connectivity index (χ3v) is 2.34. The number of carbonyl (C=O) groups is 1. The van der Waals surface area contributed by atoms with Gasteiger partial charge in [0.05, 0.1) is 20.2 Å². The summed E-state index contributed by atoms with van der Waals surface area (Å²) >= 11 is 0. The smallest absolute Gasteiger partial charge is 0.401 e. The summed E-state index contributed by atoms with van der Waals surface area (Å²) in [6, 6.07) is 3.51. The first-order valence-electron chi connectivity index (χ1n) is 5.35. The molecule has 19 heavy (non-hydrogen) atoms. The van der Waals surface area contributed by atoms with E-state index in [1.807, 2.05) is 0 Å². The van der Waals surface area contributed by atoms with E-state index in [4.69, 9.17) is 0 Å².